The fraction of sp³-hybridized carbons (Fsp3) is 0.306. The fourth-order valence-corrected chi connectivity index (χ4v) is 6.93. The number of alkyl halides is 3. The van der Waals surface area contributed by atoms with Gasteiger partial charge in [0, 0.05) is 13.1 Å². The zero-order valence-corrected chi connectivity index (χ0v) is 28.3. The molecule has 0 unspecified atom stereocenters. The summed E-state index contributed by atoms with van der Waals surface area (Å²) >= 11 is 0. The number of nitrogen functional groups attached to an aromatic ring is 1. The number of fused-ring (bicyclic) bond motifs is 1. The molecule has 6 rings (SSSR count). The van der Waals surface area contributed by atoms with Crippen molar-refractivity contribution in [3.8, 4) is 0 Å². The number of carbonyl (C=O) groups excluding carboxylic acids is 2. The second-order valence-corrected chi connectivity index (χ2v) is 12.0. The van der Waals surface area contributed by atoms with Gasteiger partial charge in [-0.25, -0.2) is 24.7 Å². The van der Waals surface area contributed by atoms with Gasteiger partial charge in [-0.3, -0.25) is 14.2 Å². The third kappa shape index (κ3) is 6.92. The molecule has 1 aliphatic rings. The van der Waals surface area contributed by atoms with Crippen LogP contribution in [0, 0.1) is 0 Å². The van der Waals surface area contributed by atoms with Crippen molar-refractivity contribution < 1.29 is 47.1 Å². The topological polar surface area (TPSA) is 185 Å². The molecule has 2 amide bonds. The van der Waals surface area contributed by atoms with E-state index in [0.717, 1.165) is 0 Å². The van der Waals surface area contributed by atoms with Gasteiger partial charge in [-0.05, 0) is 16.7 Å². The van der Waals surface area contributed by atoms with E-state index in [2.05, 4.69) is 20.3 Å². The number of ether oxygens (including phenoxy) is 2. The monoisotopic (exact) mass is 735 g/mol. The van der Waals surface area contributed by atoms with Crippen LogP contribution in [0.4, 0.5) is 19.0 Å². The van der Waals surface area contributed by atoms with Crippen LogP contribution in [-0.2, 0) is 40.0 Å². The lowest BCUT2D eigenvalue weighted by Gasteiger charge is -2.52. The van der Waals surface area contributed by atoms with Gasteiger partial charge in [0.15, 0.2) is 17.2 Å². The molecule has 3 aromatic carbocycles. The molecule has 4 atom stereocenters. The van der Waals surface area contributed by atoms with E-state index in [9.17, 15) is 27.9 Å². The Balaban J connectivity index is 1.57. The maximum Gasteiger partial charge on any atom is 0.471 e. The highest BCUT2D eigenvalue weighted by atomic mass is 19.4. The Kier molecular flexibility index (Phi) is 11.0. The molecule has 5 N–H and O–H groups in total. The van der Waals surface area contributed by atoms with Crippen LogP contribution >= 0.6 is 0 Å². The van der Waals surface area contributed by atoms with Crippen molar-refractivity contribution in [2.24, 2.45) is 0 Å². The maximum absolute atomic E-state index is 13.2. The average Bonchev–Trinajstić information content (AvgIpc) is 3.73. The molecule has 1 saturated heterocycles. The van der Waals surface area contributed by atoms with E-state index in [1.54, 1.807) is 9.88 Å². The SMILES string of the molecule is COOC[C@H]1O[C@](n2cnc3c(N)ncnc32)(C(c2ccccc2)(c2ccccc2)c2ccccc2)[C@H](OCC(=O)NCCNC(=O)C(F)(F)F)[C@@H]1O. The molecule has 14 nitrogen and oxygen atoms in total. The molecule has 2 aromatic heterocycles. The van der Waals surface area contributed by atoms with Crippen LogP contribution in [0.3, 0.4) is 0 Å². The number of aliphatic hydroxyl groups excluding tert-OH is 1. The minimum atomic E-state index is -5.08. The minimum absolute atomic E-state index is 0.0703. The number of amides is 2. The summed E-state index contributed by atoms with van der Waals surface area (Å²) in [5.74, 6) is -2.82. The highest BCUT2D eigenvalue weighted by Gasteiger charge is 2.69. The van der Waals surface area contributed by atoms with Gasteiger partial charge >= 0.3 is 12.1 Å². The molecule has 0 saturated carbocycles. The number of imidazole rings is 1. The molecule has 0 spiro atoms. The number of aromatic nitrogens is 4. The first kappa shape index (κ1) is 37.3. The zero-order chi connectivity index (χ0) is 37.6. The standard InChI is InChI=1S/C36H36F3N7O7/c1-50-52-19-26-29(48)30(51-20-27(47)41-17-18-42-33(49)36(37,38)39)35(53-26,46-22-45-28-31(40)43-21-44-32(28)46)34(23-11-5-2-6-12-23,24-13-7-3-8-14-24)25-15-9-4-10-16-25/h2-16,21-22,26,29-30,48H,17-20H2,1H3,(H,41,47)(H,42,49)(H2,40,43,44)/t26-,29-,30-,35+/m1/s1. The molecule has 53 heavy (non-hydrogen) atoms. The van der Waals surface area contributed by atoms with E-state index >= 15 is 0 Å². The van der Waals surface area contributed by atoms with Gasteiger partial charge in [0.1, 0.15) is 43.4 Å². The summed E-state index contributed by atoms with van der Waals surface area (Å²) in [5, 5.41) is 16.4. The third-order valence-electron chi connectivity index (χ3n) is 9.02. The number of halogens is 3. The van der Waals surface area contributed by atoms with Gasteiger partial charge < -0.3 is 30.9 Å². The Morgan fingerprint density at radius 2 is 1.47 bits per heavy atom. The number of carbonyl (C=O) groups is 2. The highest BCUT2D eigenvalue weighted by molar-refractivity contribution is 5.82. The van der Waals surface area contributed by atoms with E-state index in [0.29, 0.717) is 16.7 Å². The lowest BCUT2D eigenvalue weighted by Crippen LogP contribution is -2.62. The summed E-state index contributed by atoms with van der Waals surface area (Å²) in [5.41, 5.74) is 5.39. The smallest absolute Gasteiger partial charge is 0.387 e. The third-order valence-corrected chi connectivity index (χ3v) is 9.02. The van der Waals surface area contributed by atoms with Gasteiger partial charge in [-0.15, -0.1) is 0 Å². The van der Waals surface area contributed by atoms with Gasteiger partial charge in [-0.2, -0.15) is 13.2 Å². The van der Waals surface area contributed by atoms with Gasteiger partial charge in [0.2, 0.25) is 5.91 Å². The summed E-state index contributed by atoms with van der Waals surface area (Å²) in [6.45, 7) is -1.83. The van der Waals surface area contributed by atoms with Crippen LogP contribution in [0.15, 0.2) is 104 Å². The summed E-state index contributed by atoms with van der Waals surface area (Å²) in [4.78, 5) is 47.9. The molecular formula is C36H36F3N7O7. The highest BCUT2D eigenvalue weighted by Crippen LogP contribution is 2.58. The predicted molar refractivity (Wildman–Crippen MR) is 183 cm³/mol. The Labute approximate surface area is 301 Å². The quantitative estimate of drug-likeness (QED) is 0.0569. The molecule has 0 aliphatic carbocycles. The first-order valence-corrected chi connectivity index (χ1v) is 16.4. The van der Waals surface area contributed by atoms with Crippen molar-refractivity contribution in [1.82, 2.24) is 30.2 Å². The molecule has 1 fully saturated rings. The lowest BCUT2D eigenvalue weighted by molar-refractivity contribution is -0.296. The number of benzene rings is 3. The molecule has 1 aliphatic heterocycles. The number of aliphatic hydroxyl groups is 1. The summed E-state index contributed by atoms with van der Waals surface area (Å²) in [6.07, 6.45) is -6.49. The largest absolute Gasteiger partial charge is 0.471 e. The van der Waals surface area contributed by atoms with Crippen molar-refractivity contribution in [3.63, 3.8) is 0 Å². The number of rotatable bonds is 14. The maximum atomic E-state index is 13.2. The van der Waals surface area contributed by atoms with Crippen LogP contribution in [0.5, 0.6) is 0 Å². The second-order valence-electron chi connectivity index (χ2n) is 12.0. The van der Waals surface area contributed by atoms with Crippen LogP contribution in [0.2, 0.25) is 0 Å². The van der Waals surface area contributed by atoms with E-state index < -0.39 is 60.6 Å². The van der Waals surface area contributed by atoms with Gasteiger partial charge in [0.05, 0.1) is 18.9 Å². The van der Waals surface area contributed by atoms with Crippen molar-refractivity contribution in [2.45, 2.75) is 35.6 Å². The molecule has 17 heteroatoms. The van der Waals surface area contributed by atoms with Crippen molar-refractivity contribution in [2.75, 3.05) is 39.1 Å². The molecule has 278 valence electrons. The van der Waals surface area contributed by atoms with E-state index in [1.807, 2.05) is 91.0 Å². The summed E-state index contributed by atoms with van der Waals surface area (Å²) in [6, 6.07) is 28.1. The number of anilines is 1. The van der Waals surface area contributed by atoms with E-state index in [-0.39, 0.29) is 30.1 Å². The summed E-state index contributed by atoms with van der Waals surface area (Å²) in [7, 11) is 1.30. The average molecular weight is 736 g/mol. The lowest BCUT2D eigenvalue weighted by atomic mass is 9.60. The van der Waals surface area contributed by atoms with Gasteiger partial charge in [0.25, 0.3) is 0 Å². The molecular weight excluding hydrogens is 699 g/mol. The predicted octanol–water partition coefficient (Wildman–Crippen LogP) is 2.61. The normalized spacial score (nSPS) is 20.4. The van der Waals surface area contributed by atoms with Crippen LogP contribution < -0.4 is 16.4 Å². The molecule has 5 aromatic rings. The number of nitrogens with one attached hydrogen (secondary N) is 2. The van der Waals surface area contributed by atoms with Crippen molar-refractivity contribution in [1.29, 1.82) is 0 Å². The molecule has 0 bridgehead atoms. The number of hydrogen-bond donors (Lipinski definition) is 4. The zero-order valence-electron chi connectivity index (χ0n) is 28.3. The number of nitrogens with zero attached hydrogens (tertiary/aromatic N) is 4. The van der Waals surface area contributed by atoms with Crippen LogP contribution in [-0.4, -0.2) is 94.3 Å². The Bertz CT molecular complexity index is 1910. The van der Waals surface area contributed by atoms with Crippen molar-refractivity contribution >= 4 is 28.8 Å². The van der Waals surface area contributed by atoms with Crippen LogP contribution in [0.1, 0.15) is 16.7 Å². The Morgan fingerprint density at radius 1 is 0.906 bits per heavy atom. The van der Waals surface area contributed by atoms with Gasteiger partial charge in [-0.1, -0.05) is 91.0 Å². The number of hydrogen-bond acceptors (Lipinski definition) is 11. The first-order chi connectivity index (χ1) is 25.6. The number of nitrogens with two attached hydrogens (primary N) is 1. The minimum Gasteiger partial charge on any atom is -0.387 e. The first-order valence-electron chi connectivity index (χ1n) is 16.4. The van der Waals surface area contributed by atoms with Crippen LogP contribution in [0.25, 0.3) is 11.2 Å². The Hall–Kier alpha value is -5.46. The van der Waals surface area contributed by atoms with Crippen molar-refractivity contribution in [3.05, 3.63) is 120 Å². The molecule has 0 radical (unpaired) electrons. The summed E-state index contributed by atoms with van der Waals surface area (Å²) < 4.78 is 53.2. The molecule has 3 heterocycles. The van der Waals surface area contributed by atoms with E-state index in [1.165, 1.54) is 19.8 Å². The fourth-order valence-electron chi connectivity index (χ4n) is 6.93. The van der Waals surface area contributed by atoms with E-state index in [4.69, 9.17) is 25.0 Å². The second kappa shape index (κ2) is 15.6. The Morgan fingerprint density at radius 3 is 2.02 bits per heavy atom.